The van der Waals surface area contributed by atoms with Crippen LogP contribution in [0.2, 0.25) is 0 Å². The number of hydrogen-bond acceptors (Lipinski definition) is 5. The maximum Gasteiger partial charge on any atom is 0.342 e. The number of aromatic carboxylic acids is 2. The summed E-state index contributed by atoms with van der Waals surface area (Å²) < 4.78 is 5.33. The number of H-pyrrole nitrogens is 2. The number of nitrogen functional groups attached to an aromatic ring is 1. The van der Waals surface area contributed by atoms with Crippen LogP contribution in [0.15, 0.2) is 29.1 Å². The molecule has 9 nitrogen and oxygen atoms in total. The summed E-state index contributed by atoms with van der Waals surface area (Å²) in [7, 11) is 1.55. The molecule has 2 aromatic heterocycles. The van der Waals surface area contributed by atoms with Crippen molar-refractivity contribution in [3.63, 3.8) is 0 Å². The van der Waals surface area contributed by atoms with Crippen molar-refractivity contribution in [1.29, 1.82) is 0 Å². The summed E-state index contributed by atoms with van der Waals surface area (Å²) in [4.78, 5) is 41.8. The van der Waals surface area contributed by atoms with Crippen molar-refractivity contribution in [2.75, 3.05) is 12.8 Å². The number of carboxylic acid groups (broad SMARTS) is 2. The molecule has 0 atom stereocenters. The average Bonchev–Trinajstić information content (AvgIpc) is 3.08. The van der Waals surface area contributed by atoms with E-state index in [0.29, 0.717) is 16.9 Å². The summed E-state index contributed by atoms with van der Waals surface area (Å²) in [5.74, 6) is -2.76. The number of ether oxygens (including phenoxy) is 1. The van der Waals surface area contributed by atoms with Crippen LogP contribution in [-0.2, 0) is 0 Å². The Bertz CT molecular complexity index is 1480. The largest absolute Gasteiger partial charge is 0.497 e. The van der Waals surface area contributed by atoms with E-state index >= 15 is 0 Å². The average molecular weight is 421 g/mol. The van der Waals surface area contributed by atoms with Gasteiger partial charge >= 0.3 is 11.9 Å². The Morgan fingerprint density at radius 3 is 2.32 bits per heavy atom. The Kier molecular flexibility index (Phi) is 4.46. The monoisotopic (exact) mass is 421 g/mol. The lowest BCUT2D eigenvalue weighted by Gasteiger charge is -2.16. The fraction of sp³-hybridized carbons (Fsp3) is 0.136. The zero-order chi connectivity index (χ0) is 22.6. The number of rotatable bonds is 4. The van der Waals surface area contributed by atoms with Gasteiger partial charge in [-0.05, 0) is 54.8 Å². The van der Waals surface area contributed by atoms with Crippen LogP contribution in [0.5, 0.6) is 5.75 Å². The Morgan fingerprint density at radius 2 is 1.71 bits per heavy atom. The Morgan fingerprint density at radius 1 is 1.03 bits per heavy atom. The van der Waals surface area contributed by atoms with E-state index in [4.69, 9.17) is 10.5 Å². The van der Waals surface area contributed by atoms with Gasteiger partial charge in [0, 0.05) is 27.4 Å². The molecule has 31 heavy (non-hydrogen) atoms. The molecule has 0 radical (unpaired) electrons. The van der Waals surface area contributed by atoms with Crippen LogP contribution in [0.1, 0.15) is 31.8 Å². The van der Waals surface area contributed by atoms with Crippen LogP contribution < -0.4 is 16.0 Å². The summed E-state index contributed by atoms with van der Waals surface area (Å²) in [6.45, 7) is 3.56. The molecule has 4 aromatic rings. The van der Waals surface area contributed by atoms with Crippen molar-refractivity contribution in [3.05, 3.63) is 56.9 Å². The fourth-order valence-corrected chi connectivity index (χ4v) is 4.09. The number of carbonyl (C=O) groups is 2. The number of carboxylic acids is 2. The molecule has 0 fully saturated rings. The van der Waals surface area contributed by atoms with E-state index in [2.05, 4.69) is 9.97 Å². The van der Waals surface area contributed by atoms with Gasteiger partial charge in [0.2, 0.25) is 0 Å². The lowest BCUT2D eigenvalue weighted by Crippen LogP contribution is -2.24. The molecule has 0 unspecified atom stereocenters. The molecular weight excluding hydrogens is 402 g/mol. The van der Waals surface area contributed by atoms with Gasteiger partial charge in [-0.3, -0.25) is 4.79 Å². The van der Waals surface area contributed by atoms with Crippen molar-refractivity contribution in [3.8, 4) is 16.9 Å². The van der Waals surface area contributed by atoms with Gasteiger partial charge in [0.1, 0.15) is 22.7 Å². The summed E-state index contributed by atoms with van der Waals surface area (Å²) >= 11 is 0. The van der Waals surface area contributed by atoms with E-state index in [9.17, 15) is 24.6 Å². The zero-order valence-electron chi connectivity index (χ0n) is 16.9. The fourth-order valence-electron chi connectivity index (χ4n) is 4.09. The van der Waals surface area contributed by atoms with E-state index in [0.717, 1.165) is 27.4 Å². The van der Waals surface area contributed by atoms with E-state index in [1.807, 2.05) is 25.1 Å². The molecule has 0 bridgehead atoms. The quantitative estimate of drug-likeness (QED) is 0.338. The first kappa shape index (κ1) is 20.0. The minimum Gasteiger partial charge on any atom is -0.497 e. The highest BCUT2D eigenvalue weighted by molar-refractivity contribution is 6.14. The number of aromatic nitrogens is 2. The number of anilines is 1. The second-order valence-electron chi connectivity index (χ2n) is 7.26. The summed E-state index contributed by atoms with van der Waals surface area (Å²) in [6, 6.07) is 7.18. The first-order valence-electron chi connectivity index (χ1n) is 9.28. The third-order valence-corrected chi connectivity index (χ3v) is 5.48. The lowest BCUT2D eigenvalue weighted by atomic mass is 9.89. The number of nitrogens with one attached hydrogen (secondary N) is 2. The second kappa shape index (κ2) is 6.91. The van der Waals surface area contributed by atoms with Gasteiger partial charge < -0.3 is 30.7 Å². The molecule has 2 aromatic carbocycles. The standard InChI is InChI=1S/C22H19N3O6/c1-8-6-11(15-16(21(27)28)19(23)25-20(26)17(15)22(29)30)9(2)14-12-7-10(31-3)4-5-13(12)24-18(8)14/h4-7,24H,1-3H3,(H,27,28)(H,29,30)(H3,23,25,26). The second-order valence-corrected chi connectivity index (χ2v) is 7.26. The third kappa shape index (κ3) is 2.90. The maximum atomic E-state index is 12.4. The van der Waals surface area contributed by atoms with Crippen LogP contribution in [0.25, 0.3) is 32.9 Å². The first-order chi connectivity index (χ1) is 14.6. The molecule has 0 amide bonds. The Balaban J connectivity index is 2.24. The number of nitrogens with two attached hydrogens (primary N) is 1. The molecule has 4 rings (SSSR count). The first-order valence-corrected chi connectivity index (χ1v) is 9.28. The van der Waals surface area contributed by atoms with Crippen LogP contribution in [0.4, 0.5) is 5.82 Å². The SMILES string of the molecule is COc1ccc2[nH]c3c(C)cc(-c4c(C(=O)O)c(N)[nH]c(=O)c4C(=O)O)c(C)c3c2c1. The highest BCUT2D eigenvalue weighted by Gasteiger charge is 2.28. The number of hydrogen-bond donors (Lipinski definition) is 5. The molecule has 9 heteroatoms. The summed E-state index contributed by atoms with van der Waals surface area (Å²) in [5.41, 5.74) is 6.77. The van der Waals surface area contributed by atoms with E-state index in [1.165, 1.54) is 0 Å². The molecule has 0 aliphatic carbocycles. The number of pyridine rings is 1. The highest BCUT2D eigenvalue weighted by atomic mass is 16.5. The van der Waals surface area contributed by atoms with Gasteiger partial charge in [-0.15, -0.1) is 0 Å². The van der Waals surface area contributed by atoms with Crippen molar-refractivity contribution >= 4 is 39.6 Å². The van der Waals surface area contributed by atoms with Crippen molar-refractivity contribution in [2.45, 2.75) is 13.8 Å². The van der Waals surface area contributed by atoms with Gasteiger partial charge in [0.15, 0.2) is 0 Å². The molecule has 6 N–H and O–H groups in total. The molecule has 158 valence electrons. The van der Waals surface area contributed by atoms with Gasteiger partial charge in [-0.2, -0.15) is 0 Å². The number of aryl methyl sites for hydroxylation is 2. The molecule has 0 saturated heterocycles. The van der Waals surface area contributed by atoms with Crippen molar-refractivity contribution < 1.29 is 24.5 Å². The highest BCUT2D eigenvalue weighted by Crippen LogP contribution is 2.40. The minimum atomic E-state index is -1.54. The molecule has 0 aliphatic heterocycles. The number of benzene rings is 2. The predicted molar refractivity (Wildman–Crippen MR) is 116 cm³/mol. The minimum absolute atomic E-state index is 0.221. The van der Waals surface area contributed by atoms with E-state index in [-0.39, 0.29) is 5.56 Å². The van der Waals surface area contributed by atoms with Gasteiger partial charge in [-0.25, -0.2) is 9.59 Å². The summed E-state index contributed by atoms with van der Waals surface area (Å²) in [5, 5.41) is 21.1. The Hall–Kier alpha value is -4.27. The van der Waals surface area contributed by atoms with Crippen LogP contribution in [0.3, 0.4) is 0 Å². The predicted octanol–water partition coefficient (Wildman–Crippen LogP) is 3.28. The van der Waals surface area contributed by atoms with Crippen LogP contribution in [0, 0.1) is 13.8 Å². The zero-order valence-corrected chi connectivity index (χ0v) is 16.9. The lowest BCUT2D eigenvalue weighted by molar-refractivity contribution is 0.0695. The molecule has 0 spiro atoms. The van der Waals surface area contributed by atoms with Crippen LogP contribution >= 0.6 is 0 Å². The maximum absolute atomic E-state index is 12.4. The summed E-state index contributed by atoms with van der Waals surface area (Å²) in [6.07, 6.45) is 0. The molecule has 0 aliphatic rings. The molecule has 2 heterocycles. The molecule has 0 saturated carbocycles. The third-order valence-electron chi connectivity index (χ3n) is 5.48. The smallest absolute Gasteiger partial charge is 0.342 e. The normalized spacial score (nSPS) is 11.2. The van der Waals surface area contributed by atoms with Gasteiger partial charge in [0.25, 0.3) is 5.56 Å². The number of aromatic amines is 2. The van der Waals surface area contributed by atoms with Crippen molar-refractivity contribution in [1.82, 2.24) is 9.97 Å². The Labute approximate surface area is 175 Å². The van der Waals surface area contributed by atoms with Gasteiger partial charge in [-0.1, -0.05) is 0 Å². The number of fused-ring (bicyclic) bond motifs is 3. The van der Waals surface area contributed by atoms with Crippen LogP contribution in [-0.4, -0.2) is 39.2 Å². The number of methoxy groups -OCH3 is 1. The van der Waals surface area contributed by atoms with Gasteiger partial charge in [0.05, 0.1) is 7.11 Å². The molecular formula is C22H19N3O6. The van der Waals surface area contributed by atoms with E-state index < -0.39 is 34.4 Å². The topological polar surface area (TPSA) is 158 Å². The van der Waals surface area contributed by atoms with E-state index in [1.54, 1.807) is 20.1 Å². The van der Waals surface area contributed by atoms with Crippen molar-refractivity contribution in [2.24, 2.45) is 0 Å².